The van der Waals surface area contributed by atoms with Gasteiger partial charge in [0.05, 0.1) is 11.8 Å². The van der Waals surface area contributed by atoms with Gasteiger partial charge in [-0.05, 0) is 37.3 Å². The minimum atomic E-state index is -1.21. The summed E-state index contributed by atoms with van der Waals surface area (Å²) < 4.78 is 0. The van der Waals surface area contributed by atoms with Crippen LogP contribution in [0, 0.1) is 31.6 Å². The Morgan fingerprint density at radius 1 is 1.03 bits per heavy atom. The highest BCUT2D eigenvalue weighted by Crippen LogP contribution is 2.54. The lowest BCUT2D eigenvalue weighted by Gasteiger charge is -2.30. The molecule has 2 N–H and O–H groups in total. The van der Waals surface area contributed by atoms with E-state index in [1.165, 1.54) is 4.90 Å². The van der Waals surface area contributed by atoms with Crippen molar-refractivity contribution in [2.75, 3.05) is 11.9 Å². The lowest BCUT2D eigenvalue weighted by atomic mass is 9.75. The normalized spacial score (nSPS) is 28.6. The third-order valence-electron chi connectivity index (χ3n) is 7.38. The molecule has 3 heterocycles. The molecule has 0 bridgehead atoms. The first-order chi connectivity index (χ1) is 15.3. The standard InChI is InChI=1S/C26H29N3O3/c1-14(2)21-19-20(24(31)29(23(19)30)11-10-17-8-6-5-7-9-17)26(28-21)18-13-15(3)12-16(4)22(18)27-25(26)32/h5-9,12-14,19-21,28H,10-11H2,1-4H3,(H,27,32). The van der Waals surface area contributed by atoms with Gasteiger partial charge in [0.25, 0.3) is 0 Å². The van der Waals surface area contributed by atoms with Crippen molar-refractivity contribution in [1.29, 1.82) is 0 Å². The average molecular weight is 432 g/mol. The van der Waals surface area contributed by atoms with Crippen LogP contribution < -0.4 is 10.6 Å². The fourth-order valence-electron chi connectivity index (χ4n) is 5.93. The first-order valence-corrected chi connectivity index (χ1v) is 11.4. The number of nitrogens with zero attached hydrogens (tertiary/aromatic N) is 1. The zero-order valence-electron chi connectivity index (χ0n) is 18.9. The maximum Gasteiger partial charge on any atom is 0.250 e. The van der Waals surface area contributed by atoms with Gasteiger partial charge in [-0.25, -0.2) is 0 Å². The second-order valence-electron chi connectivity index (χ2n) is 9.75. The van der Waals surface area contributed by atoms with E-state index in [-0.39, 0.29) is 29.7 Å². The topological polar surface area (TPSA) is 78.5 Å². The number of likely N-dealkylation sites (tertiary alicyclic amines) is 1. The quantitative estimate of drug-likeness (QED) is 0.730. The highest BCUT2D eigenvalue weighted by molar-refractivity contribution is 6.15. The zero-order chi connectivity index (χ0) is 22.8. The molecule has 4 unspecified atom stereocenters. The maximum absolute atomic E-state index is 13.8. The van der Waals surface area contributed by atoms with E-state index < -0.39 is 17.4 Å². The number of anilines is 1. The zero-order valence-corrected chi connectivity index (χ0v) is 18.9. The fraction of sp³-hybridized carbons (Fsp3) is 0.423. The van der Waals surface area contributed by atoms with Crippen molar-refractivity contribution in [3.8, 4) is 0 Å². The average Bonchev–Trinajstić information content (AvgIpc) is 3.34. The lowest BCUT2D eigenvalue weighted by molar-refractivity contribution is -0.142. The number of imide groups is 1. The smallest absolute Gasteiger partial charge is 0.250 e. The summed E-state index contributed by atoms with van der Waals surface area (Å²) in [5, 5.41) is 6.53. The number of amides is 3. The van der Waals surface area contributed by atoms with E-state index >= 15 is 0 Å². The number of benzene rings is 2. The second kappa shape index (κ2) is 7.27. The summed E-state index contributed by atoms with van der Waals surface area (Å²) in [7, 11) is 0. The summed E-state index contributed by atoms with van der Waals surface area (Å²) in [5.74, 6) is -1.82. The van der Waals surface area contributed by atoms with Crippen molar-refractivity contribution in [2.24, 2.45) is 17.8 Å². The van der Waals surface area contributed by atoms with Gasteiger partial charge in [-0.1, -0.05) is 61.9 Å². The third kappa shape index (κ3) is 2.78. The van der Waals surface area contributed by atoms with E-state index in [2.05, 4.69) is 10.6 Å². The molecule has 0 radical (unpaired) electrons. The molecule has 5 rings (SSSR count). The first kappa shape index (κ1) is 20.9. The van der Waals surface area contributed by atoms with Gasteiger partial charge < -0.3 is 5.32 Å². The molecule has 166 valence electrons. The number of nitrogens with one attached hydrogen (secondary N) is 2. The molecule has 4 atom stereocenters. The second-order valence-corrected chi connectivity index (χ2v) is 9.75. The van der Waals surface area contributed by atoms with Gasteiger partial charge in [0.15, 0.2) is 0 Å². The minimum Gasteiger partial charge on any atom is -0.324 e. The van der Waals surface area contributed by atoms with E-state index in [1.807, 2.05) is 70.2 Å². The van der Waals surface area contributed by atoms with Crippen molar-refractivity contribution in [3.63, 3.8) is 0 Å². The van der Waals surface area contributed by atoms with Crippen LogP contribution in [-0.2, 0) is 26.3 Å². The fourth-order valence-corrected chi connectivity index (χ4v) is 5.93. The maximum atomic E-state index is 13.8. The minimum absolute atomic E-state index is 0.0930. The SMILES string of the molecule is Cc1cc(C)c2c(c1)C1(NC(C(C)C)C3C(=O)N(CCc4ccccc4)C(=O)C31)C(=O)N2. The van der Waals surface area contributed by atoms with Crippen molar-refractivity contribution >= 4 is 23.4 Å². The largest absolute Gasteiger partial charge is 0.324 e. The first-order valence-electron chi connectivity index (χ1n) is 11.4. The predicted octanol–water partition coefficient (Wildman–Crippen LogP) is 2.92. The van der Waals surface area contributed by atoms with Crippen molar-refractivity contribution in [2.45, 2.75) is 45.7 Å². The van der Waals surface area contributed by atoms with Crippen molar-refractivity contribution in [1.82, 2.24) is 10.2 Å². The van der Waals surface area contributed by atoms with Crippen LogP contribution in [0.5, 0.6) is 0 Å². The molecule has 2 aromatic rings. The summed E-state index contributed by atoms with van der Waals surface area (Å²) in [5.41, 5.74) is 3.42. The van der Waals surface area contributed by atoms with E-state index in [1.54, 1.807) is 0 Å². The summed E-state index contributed by atoms with van der Waals surface area (Å²) in [6.07, 6.45) is 0.603. The Kier molecular flexibility index (Phi) is 4.75. The summed E-state index contributed by atoms with van der Waals surface area (Å²) in [6, 6.07) is 13.6. The van der Waals surface area contributed by atoms with Gasteiger partial charge in [0.1, 0.15) is 5.54 Å². The molecule has 3 aliphatic heterocycles. The van der Waals surface area contributed by atoms with Crippen LogP contribution in [0.4, 0.5) is 5.69 Å². The van der Waals surface area contributed by atoms with Crippen LogP contribution in [0.1, 0.15) is 36.1 Å². The Morgan fingerprint density at radius 3 is 2.44 bits per heavy atom. The highest BCUT2D eigenvalue weighted by Gasteiger charge is 2.70. The molecular formula is C26H29N3O3. The van der Waals surface area contributed by atoms with E-state index in [0.717, 1.165) is 27.9 Å². The molecule has 2 fully saturated rings. The van der Waals surface area contributed by atoms with Crippen molar-refractivity contribution < 1.29 is 14.4 Å². The summed E-state index contributed by atoms with van der Waals surface area (Å²) in [4.78, 5) is 42.2. The molecule has 6 heteroatoms. The Morgan fingerprint density at radius 2 is 1.75 bits per heavy atom. The summed E-state index contributed by atoms with van der Waals surface area (Å²) >= 11 is 0. The van der Waals surface area contributed by atoms with E-state index in [4.69, 9.17) is 0 Å². The van der Waals surface area contributed by atoms with Gasteiger partial charge in [-0.15, -0.1) is 0 Å². The van der Waals surface area contributed by atoms with Gasteiger partial charge in [-0.3, -0.25) is 24.6 Å². The van der Waals surface area contributed by atoms with Gasteiger partial charge in [0, 0.05) is 23.8 Å². The van der Waals surface area contributed by atoms with Gasteiger partial charge in [-0.2, -0.15) is 0 Å². The molecule has 2 aromatic carbocycles. The van der Waals surface area contributed by atoms with E-state index in [9.17, 15) is 14.4 Å². The van der Waals surface area contributed by atoms with Crippen LogP contribution in [0.15, 0.2) is 42.5 Å². The van der Waals surface area contributed by atoms with Gasteiger partial charge in [0.2, 0.25) is 17.7 Å². The summed E-state index contributed by atoms with van der Waals surface area (Å²) in [6.45, 7) is 8.35. The number of hydrogen-bond acceptors (Lipinski definition) is 4. The van der Waals surface area contributed by atoms with Gasteiger partial charge >= 0.3 is 0 Å². The Labute approximate surface area is 188 Å². The number of carbonyl (C=O) groups is 3. The molecule has 0 aromatic heterocycles. The molecule has 0 saturated carbocycles. The number of carbonyl (C=O) groups excluding carboxylic acids is 3. The van der Waals surface area contributed by atoms with Crippen LogP contribution in [-0.4, -0.2) is 35.2 Å². The molecule has 1 spiro atoms. The Balaban J connectivity index is 1.58. The van der Waals surface area contributed by atoms with Crippen LogP contribution in [0.2, 0.25) is 0 Å². The Hall–Kier alpha value is -2.99. The third-order valence-corrected chi connectivity index (χ3v) is 7.38. The predicted molar refractivity (Wildman–Crippen MR) is 122 cm³/mol. The number of hydrogen-bond donors (Lipinski definition) is 2. The number of rotatable bonds is 4. The van der Waals surface area contributed by atoms with E-state index in [0.29, 0.717) is 13.0 Å². The molecule has 3 amide bonds. The molecular weight excluding hydrogens is 402 g/mol. The van der Waals surface area contributed by atoms with Crippen LogP contribution in [0.25, 0.3) is 0 Å². The van der Waals surface area contributed by atoms with Crippen LogP contribution in [0.3, 0.4) is 0 Å². The molecule has 6 nitrogen and oxygen atoms in total. The lowest BCUT2D eigenvalue weighted by Crippen LogP contribution is -2.54. The monoisotopic (exact) mass is 431 g/mol. The molecule has 0 aliphatic carbocycles. The molecule has 32 heavy (non-hydrogen) atoms. The number of aryl methyl sites for hydroxylation is 2. The molecule has 3 aliphatic rings. The van der Waals surface area contributed by atoms with Crippen molar-refractivity contribution in [3.05, 3.63) is 64.7 Å². The highest BCUT2D eigenvalue weighted by atomic mass is 16.2. The Bertz CT molecular complexity index is 1130. The molecule has 2 saturated heterocycles. The number of fused-ring (bicyclic) bond motifs is 4. The van der Waals surface area contributed by atoms with Crippen LogP contribution >= 0.6 is 0 Å².